The zero-order valence-electron chi connectivity index (χ0n) is 52.7. The predicted molar refractivity (Wildman–Crippen MR) is 348 cm³/mol. The van der Waals surface area contributed by atoms with Gasteiger partial charge in [-0.05, 0) is 179 Å². The van der Waals surface area contributed by atoms with Crippen molar-refractivity contribution in [1.29, 1.82) is 0 Å². The van der Waals surface area contributed by atoms with Gasteiger partial charge >= 0.3 is 0 Å². The second-order valence-electron chi connectivity index (χ2n) is 22.9. The van der Waals surface area contributed by atoms with Crippen LogP contribution in [0.2, 0.25) is 0 Å². The van der Waals surface area contributed by atoms with Gasteiger partial charge in [-0.2, -0.15) is 0 Å². The molecule has 0 saturated heterocycles. The molecule has 1 fully saturated rings. The smallest absolute Gasteiger partial charge is 0.243 e. The Morgan fingerprint density at radius 3 is 1.14 bits per heavy atom. The first-order chi connectivity index (χ1) is 43.4. The zero-order chi connectivity index (χ0) is 67.7. The van der Waals surface area contributed by atoms with Gasteiger partial charge in [0.25, 0.3) is 0 Å². The standard InChI is InChI=1S/C58H107N23O10/c59-27-5-1-13-40(47(64)83)75-50(86)44(17-10-32-73-57(67)68)79-53(89)45(18-11-33-74-58(69)70)80-55(91)46(34-35-19-25-38(82)26-20-35)81-54(90)42(15-3-7-29-61)77-52(88)43(16-4-8-30-71-48(84)36-21-23-37(62)24-22-36)78-51(87)41(14-2-6-28-60)76-49(85)39(63)12-9-31-72-56(65)66/h19-20,25-26,36-37,39-46,82H,1-18,21-24,27-34,59-63H2,(H2,64,83)(H,71,84)(H,75,86)(H,76,85)(H,77,88)(H,78,87)(H,79,89)(H,80,91)(H,81,90)(H4,65,66,72)(H4,67,68,73)(H4,69,70,74)/t36?,37?,39-,40-,41-,42-,43-,44-,45-,46-/m0/s1. The summed E-state index contributed by atoms with van der Waals surface area (Å²) in [5.74, 6) is -7.26. The van der Waals surface area contributed by atoms with Gasteiger partial charge in [0.1, 0.15) is 48.0 Å². The number of nitrogens with zero attached hydrogens (tertiary/aromatic N) is 3. The van der Waals surface area contributed by atoms with E-state index in [9.17, 15) is 48.3 Å². The zero-order valence-corrected chi connectivity index (χ0v) is 52.7. The Balaban J connectivity index is 2.63. The minimum absolute atomic E-state index is 0.00791. The van der Waals surface area contributed by atoms with Gasteiger partial charge in [-0.3, -0.25) is 58.1 Å². The highest BCUT2D eigenvalue weighted by Gasteiger charge is 2.35. The number of phenols is 1. The average Bonchev–Trinajstić information content (AvgIpc) is 3.30. The van der Waals surface area contributed by atoms with Crippen LogP contribution in [0.4, 0.5) is 0 Å². The number of hydrogen-bond acceptors (Lipinski definition) is 18. The summed E-state index contributed by atoms with van der Waals surface area (Å²) in [4.78, 5) is 138. The van der Waals surface area contributed by atoms with Crippen LogP contribution in [0.5, 0.6) is 5.75 Å². The number of carbonyl (C=O) groups excluding carboxylic acids is 9. The highest BCUT2D eigenvalue weighted by Crippen LogP contribution is 2.23. The highest BCUT2D eigenvalue weighted by atomic mass is 16.3. The van der Waals surface area contributed by atoms with Crippen molar-refractivity contribution in [2.45, 2.75) is 202 Å². The third-order valence-corrected chi connectivity index (χ3v) is 15.2. The van der Waals surface area contributed by atoms with Crippen LogP contribution in [-0.4, -0.2) is 176 Å². The fraction of sp³-hybridized carbons (Fsp3) is 0.690. The van der Waals surface area contributed by atoms with Crippen molar-refractivity contribution in [1.82, 2.24) is 42.5 Å². The maximum atomic E-state index is 14.8. The number of aromatic hydroxyl groups is 1. The SMILES string of the molecule is NCCCC[C@H](NC(=O)[C@H](CCCN=C(N)N)NC(=O)[C@H](CCCN=C(N)N)NC(=O)[C@H](Cc1ccc(O)cc1)NC(=O)[C@H](CCCCN)NC(=O)[C@H](CCCCNC(=O)C1CCC(N)CC1)NC(=O)[C@H](CCCCN)NC(=O)[C@@H](N)CCCN=C(N)N)C(N)=O. The molecule has 0 aliphatic heterocycles. The number of guanidine groups is 3. The summed E-state index contributed by atoms with van der Waals surface area (Å²) in [5.41, 5.74) is 68.8. The normalized spacial score (nSPS) is 16.2. The molecule has 0 spiro atoms. The first-order valence-corrected chi connectivity index (χ1v) is 31.6. The molecular formula is C58H107N23O10. The van der Waals surface area contributed by atoms with E-state index < -0.39 is 95.6 Å². The van der Waals surface area contributed by atoms with Crippen LogP contribution < -0.4 is 111 Å². The van der Waals surface area contributed by atoms with Gasteiger partial charge in [0.05, 0.1) is 6.04 Å². The number of benzene rings is 1. The number of nitrogens with two attached hydrogens (primary N) is 12. The lowest BCUT2D eigenvalue weighted by Gasteiger charge is -2.28. The fourth-order valence-electron chi connectivity index (χ4n) is 9.97. The van der Waals surface area contributed by atoms with E-state index >= 15 is 0 Å². The average molecular weight is 1290 g/mol. The molecule has 8 atom stereocenters. The third-order valence-electron chi connectivity index (χ3n) is 15.2. The Bertz CT molecular complexity index is 2490. The maximum Gasteiger partial charge on any atom is 0.243 e. The molecule has 33 nitrogen and oxygen atoms in total. The molecule has 514 valence electrons. The summed E-state index contributed by atoms with van der Waals surface area (Å²) >= 11 is 0. The van der Waals surface area contributed by atoms with Crippen molar-refractivity contribution >= 4 is 71.0 Å². The first-order valence-electron chi connectivity index (χ1n) is 31.6. The second-order valence-corrected chi connectivity index (χ2v) is 22.9. The van der Waals surface area contributed by atoms with Gasteiger partial charge in [0, 0.05) is 44.6 Å². The van der Waals surface area contributed by atoms with Gasteiger partial charge in [0.15, 0.2) is 17.9 Å². The molecule has 1 aliphatic carbocycles. The Kier molecular flexibility index (Phi) is 39.2. The van der Waals surface area contributed by atoms with Crippen LogP contribution in [0.15, 0.2) is 39.2 Å². The molecule has 33 N–H and O–H groups in total. The molecule has 0 heterocycles. The van der Waals surface area contributed by atoms with Gasteiger partial charge in [0.2, 0.25) is 53.2 Å². The quantitative estimate of drug-likeness (QED) is 0.0164. The molecule has 1 aromatic carbocycles. The Morgan fingerprint density at radius 1 is 0.429 bits per heavy atom. The van der Waals surface area contributed by atoms with E-state index in [4.69, 9.17) is 68.8 Å². The number of primary amides is 1. The summed E-state index contributed by atoms with van der Waals surface area (Å²) < 4.78 is 0. The first kappa shape index (κ1) is 79.0. The number of rotatable bonds is 47. The van der Waals surface area contributed by atoms with E-state index in [1.54, 1.807) is 0 Å². The van der Waals surface area contributed by atoms with Crippen molar-refractivity contribution in [2.24, 2.45) is 89.7 Å². The number of amides is 9. The predicted octanol–water partition coefficient (Wildman–Crippen LogP) is -5.51. The maximum absolute atomic E-state index is 14.8. The van der Waals surface area contributed by atoms with Gasteiger partial charge < -0.3 is 116 Å². The topological polar surface area (TPSA) is 619 Å². The van der Waals surface area contributed by atoms with E-state index in [2.05, 4.69) is 57.5 Å². The highest BCUT2D eigenvalue weighted by molar-refractivity contribution is 5.98. The lowest BCUT2D eigenvalue weighted by atomic mass is 9.86. The number of unbranched alkanes of at least 4 members (excludes halogenated alkanes) is 4. The molecule has 2 rings (SSSR count). The fourth-order valence-corrected chi connectivity index (χ4v) is 9.97. The van der Waals surface area contributed by atoms with E-state index in [1.165, 1.54) is 24.3 Å². The number of phenolic OH excluding ortho intramolecular Hbond substituents is 1. The van der Waals surface area contributed by atoms with Crippen LogP contribution in [0.3, 0.4) is 0 Å². The molecule has 1 aromatic rings. The monoisotopic (exact) mass is 1290 g/mol. The van der Waals surface area contributed by atoms with Crippen LogP contribution in [-0.2, 0) is 49.6 Å². The summed E-state index contributed by atoms with van der Waals surface area (Å²) in [7, 11) is 0. The van der Waals surface area contributed by atoms with E-state index in [1.807, 2.05) is 0 Å². The second kappa shape index (κ2) is 45.2. The molecule has 1 saturated carbocycles. The molecule has 0 aromatic heterocycles. The number of aliphatic imine (C=N–C) groups is 3. The molecule has 0 unspecified atom stereocenters. The molecule has 33 heteroatoms. The van der Waals surface area contributed by atoms with Gasteiger partial charge in [-0.1, -0.05) is 12.1 Å². The lowest BCUT2D eigenvalue weighted by molar-refractivity contribution is -0.136. The summed E-state index contributed by atoms with van der Waals surface area (Å²) in [5, 5.41) is 32.2. The number of carbonyl (C=O) groups is 9. The Hall–Kier alpha value is -8.14. The van der Waals surface area contributed by atoms with E-state index in [0.29, 0.717) is 89.3 Å². The number of hydrogen-bond donors (Lipinski definition) is 21. The minimum Gasteiger partial charge on any atom is -0.508 e. The van der Waals surface area contributed by atoms with Crippen molar-refractivity contribution in [3.63, 3.8) is 0 Å². The van der Waals surface area contributed by atoms with Gasteiger partial charge in [-0.25, -0.2) is 0 Å². The van der Waals surface area contributed by atoms with Crippen molar-refractivity contribution in [2.75, 3.05) is 45.8 Å². The van der Waals surface area contributed by atoms with Crippen molar-refractivity contribution < 1.29 is 48.3 Å². The van der Waals surface area contributed by atoms with Crippen molar-refractivity contribution in [3.05, 3.63) is 29.8 Å². The summed E-state index contributed by atoms with van der Waals surface area (Å²) in [6.07, 6.45) is 6.88. The largest absolute Gasteiger partial charge is 0.508 e. The Labute approximate surface area is 533 Å². The molecule has 0 radical (unpaired) electrons. The van der Waals surface area contributed by atoms with Crippen molar-refractivity contribution in [3.8, 4) is 5.75 Å². The molecule has 0 bridgehead atoms. The van der Waals surface area contributed by atoms with Crippen LogP contribution >= 0.6 is 0 Å². The Morgan fingerprint density at radius 2 is 0.758 bits per heavy atom. The van der Waals surface area contributed by atoms with E-state index in [0.717, 1.165) is 12.8 Å². The summed E-state index contributed by atoms with van der Waals surface area (Å²) in [6.45, 7) is 1.41. The molecule has 9 amide bonds. The molecular weight excluding hydrogens is 1180 g/mol. The third kappa shape index (κ3) is 34.0. The minimum atomic E-state index is -1.49. The number of nitrogens with one attached hydrogen (secondary N) is 8. The van der Waals surface area contributed by atoms with Crippen LogP contribution in [0.25, 0.3) is 0 Å². The van der Waals surface area contributed by atoms with Gasteiger partial charge in [-0.15, -0.1) is 0 Å². The lowest BCUT2D eigenvalue weighted by Crippen LogP contribution is -2.60. The molecule has 91 heavy (non-hydrogen) atoms. The van der Waals surface area contributed by atoms with Crippen LogP contribution in [0.1, 0.15) is 147 Å². The molecule has 1 aliphatic rings. The summed E-state index contributed by atoms with van der Waals surface area (Å²) in [6, 6.07) is -4.44. The van der Waals surface area contributed by atoms with Crippen LogP contribution in [0, 0.1) is 5.92 Å². The van der Waals surface area contributed by atoms with E-state index in [-0.39, 0.29) is 138 Å².